The van der Waals surface area contributed by atoms with Crippen LogP contribution in [0, 0.1) is 0 Å². The highest BCUT2D eigenvalue weighted by molar-refractivity contribution is 6.32. The van der Waals surface area contributed by atoms with Gasteiger partial charge in [-0.15, -0.1) is 24.8 Å². The molecule has 1 saturated heterocycles. The van der Waals surface area contributed by atoms with Crippen LogP contribution in [0.5, 0.6) is 5.75 Å². The normalized spacial score (nSPS) is 17.7. The van der Waals surface area contributed by atoms with Crippen molar-refractivity contribution in [3.63, 3.8) is 0 Å². The minimum Gasteiger partial charge on any atom is -0.487 e. The van der Waals surface area contributed by atoms with E-state index in [0.29, 0.717) is 11.2 Å². The van der Waals surface area contributed by atoms with Gasteiger partial charge in [0.05, 0.1) is 6.20 Å². The number of hydrogen-bond donors (Lipinski definition) is 1. The molecular weight excluding hydrogens is 355 g/mol. The van der Waals surface area contributed by atoms with Crippen molar-refractivity contribution in [1.29, 1.82) is 0 Å². The van der Waals surface area contributed by atoms with Gasteiger partial charge in [0.2, 0.25) is 0 Å². The van der Waals surface area contributed by atoms with E-state index in [1.165, 1.54) is 6.42 Å². The first-order valence-electron chi connectivity index (χ1n) is 7.35. The Labute approximate surface area is 154 Å². The number of ether oxygens (including phenoxy) is 1. The maximum absolute atomic E-state index is 6.22. The van der Waals surface area contributed by atoms with E-state index in [1.54, 1.807) is 6.20 Å². The Morgan fingerprint density at radius 3 is 2.65 bits per heavy atom. The summed E-state index contributed by atoms with van der Waals surface area (Å²) in [6, 6.07) is 12.4. The van der Waals surface area contributed by atoms with Crippen LogP contribution in [0.4, 0.5) is 0 Å². The maximum Gasteiger partial charge on any atom is 0.138 e. The van der Waals surface area contributed by atoms with Crippen molar-refractivity contribution < 1.29 is 4.74 Å². The quantitative estimate of drug-likeness (QED) is 0.782. The van der Waals surface area contributed by atoms with Crippen LogP contribution in [-0.2, 0) is 0 Å². The molecule has 1 fully saturated rings. The average molecular weight is 376 g/mol. The van der Waals surface area contributed by atoms with Crippen molar-refractivity contribution in [3.8, 4) is 16.9 Å². The summed E-state index contributed by atoms with van der Waals surface area (Å²) >= 11 is 6.22. The first-order valence-corrected chi connectivity index (χ1v) is 7.73. The van der Waals surface area contributed by atoms with Gasteiger partial charge in [-0.05, 0) is 37.9 Å². The highest BCUT2D eigenvalue weighted by Gasteiger charge is 2.22. The summed E-state index contributed by atoms with van der Waals surface area (Å²) in [7, 11) is 0. The molecule has 6 heteroatoms. The fraction of sp³-hybridized carbons (Fsp3) is 0.353. The summed E-state index contributed by atoms with van der Waals surface area (Å²) in [5.74, 6) is 0.763. The number of benzene rings is 1. The minimum absolute atomic E-state index is 0. The molecule has 0 amide bonds. The van der Waals surface area contributed by atoms with Gasteiger partial charge in [-0.1, -0.05) is 41.9 Å². The molecule has 1 aliphatic rings. The molecule has 1 aromatic carbocycles. The van der Waals surface area contributed by atoms with E-state index < -0.39 is 0 Å². The van der Waals surface area contributed by atoms with Crippen molar-refractivity contribution in [3.05, 3.63) is 47.7 Å². The standard InChI is InChI=1S/C17H19ClN2O.2ClH/c1-12(16-8-5-9-19-16)21-14-10-15(17(18)20-11-14)13-6-3-2-4-7-13;;/h2-4,6-7,10-12,16,19H,5,8-9H2,1H3;2*1H/t12?,16-;;/m0../s1. The van der Waals surface area contributed by atoms with Crippen LogP contribution in [0.2, 0.25) is 5.15 Å². The van der Waals surface area contributed by atoms with E-state index in [-0.39, 0.29) is 30.9 Å². The monoisotopic (exact) mass is 374 g/mol. The zero-order chi connectivity index (χ0) is 14.7. The molecule has 1 aromatic heterocycles. The summed E-state index contributed by atoms with van der Waals surface area (Å²) in [6.07, 6.45) is 4.19. The van der Waals surface area contributed by atoms with Crippen LogP contribution in [0.15, 0.2) is 42.6 Å². The van der Waals surface area contributed by atoms with E-state index in [1.807, 2.05) is 36.4 Å². The predicted octanol–water partition coefficient (Wildman–Crippen LogP) is 4.76. The fourth-order valence-corrected chi connectivity index (χ4v) is 2.93. The van der Waals surface area contributed by atoms with E-state index in [0.717, 1.165) is 29.8 Å². The zero-order valence-corrected chi connectivity index (χ0v) is 15.3. The van der Waals surface area contributed by atoms with Gasteiger partial charge in [-0.25, -0.2) is 4.98 Å². The molecule has 1 aliphatic heterocycles. The second-order valence-electron chi connectivity index (χ2n) is 5.40. The summed E-state index contributed by atoms with van der Waals surface area (Å²) in [5, 5.41) is 3.96. The molecular formula is C17H21Cl3N2O. The summed E-state index contributed by atoms with van der Waals surface area (Å²) < 4.78 is 6.03. The first-order chi connectivity index (χ1) is 10.2. The number of hydrogen-bond acceptors (Lipinski definition) is 3. The Morgan fingerprint density at radius 1 is 1.26 bits per heavy atom. The number of halogens is 3. The summed E-state index contributed by atoms with van der Waals surface area (Å²) in [5.41, 5.74) is 1.95. The highest BCUT2D eigenvalue weighted by Crippen LogP contribution is 2.30. The zero-order valence-electron chi connectivity index (χ0n) is 12.9. The number of nitrogens with zero attached hydrogens (tertiary/aromatic N) is 1. The molecule has 0 spiro atoms. The average Bonchev–Trinajstić information content (AvgIpc) is 3.04. The second kappa shape index (κ2) is 9.33. The van der Waals surface area contributed by atoms with Crippen LogP contribution < -0.4 is 10.1 Å². The predicted molar refractivity (Wildman–Crippen MR) is 100 cm³/mol. The van der Waals surface area contributed by atoms with Crippen LogP contribution in [0.25, 0.3) is 11.1 Å². The van der Waals surface area contributed by atoms with Crippen molar-refractivity contribution >= 4 is 36.4 Å². The minimum atomic E-state index is 0. The number of nitrogens with one attached hydrogen (secondary N) is 1. The molecule has 126 valence electrons. The Morgan fingerprint density at radius 2 is 2.00 bits per heavy atom. The van der Waals surface area contributed by atoms with Crippen LogP contribution in [0.1, 0.15) is 19.8 Å². The third kappa shape index (κ3) is 4.98. The Kier molecular flexibility index (Phi) is 8.13. The van der Waals surface area contributed by atoms with E-state index >= 15 is 0 Å². The molecule has 3 nitrogen and oxygen atoms in total. The molecule has 3 rings (SSSR count). The van der Waals surface area contributed by atoms with Crippen molar-refractivity contribution in [2.75, 3.05) is 6.54 Å². The molecule has 0 aliphatic carbocycles. The summed E-state index contributed by atoms with van der Waals surface area (Å²) in [6.45, 7) is 3.17. The molecule has 1 unspecified atom stereocenters. The van der Waals surface area contributed by atoms with Crippen LogP contribution in [0.3, 0.4) is 0 Å². The molecule has 0 saturated carbocycles. The van der Waals surface area contributed by atoms with E-state index in [9.17, 15) is 0 Å². The number of aromatic nitrogens is 1. The lowest BCUT2D eigenvalue weighted by atomic mass is 10.1. The third-order valence-electron chi connectivity index (χ3n) is 3.89. The lowest BCUT2D eigenvalue weighted by Gasteiger charge is -2.21. The maximum atomic E-state index is 6.22. The first kappa shape index (κ1) is 20.0. The smallest absolute Gasteiger partial charge is 0.138 e. The summed E-state index contributed by atoms with van der Waals surface area (Å²) in [4.78, 5) is 4.26. The molecule has 1 N–H and O–H groups in total. The number of rotatable bonds is 4. The highest BCUT2D eigenvalue weighted by atomic mass is 35.5. The fourth-order valence-electron chi connectivity index (χ4n) is 2.72. The van der Waals surface area contributed by atoms with Crippen molar-refractivity contribution in [2.45, 2.75) is 31.9 Å². The second-order valence-corrected chi connectivity index (χ2v) is 5.76. The van der Waals surface area contributed by atoms with Gasteiger partial charge >= 0.3 is 0 Å². The van der Waals surface area contributed by atoms with E-state index in [2.05, 4.69) is 17.2 Å². The third-order valence-corrected chi connectivity index (χ3v) is 4.19. The Hall–Kier alpha value is -1.000. The topological polar surface area (TPSA) is 34.1 Å². The molecule has 2 atom stereocenters. The molecule has 2 heterocycles. The van der Waals surface area contributed by atoms with Gasteiger partial charge < -0.3 is 10.1 Å². The SMILES string of the molecule is CC(Oc1cnc(Cl)c(-c2ccccc2)c1)[C@@H]1CCCN1.Cl.Cl. The van der Waals surface area contributed by atoms with Crippen molar-refractivity contribution in [2.24, 2.45) is 0 Å². The molecule has 0 radical (unpaired) electrons. The number of pyridine rings is 1. The van der Waals surface area contributed by atoms with E-state index in [4.69, 9.17) is 16.3 Å². The molecule has 2 aromatic rings. The molecule has 0 bridgehead atoms. The molecule has 23 heavy (non-hydrogen) atoms. The Balaban J connectivity index is 0.00000132. The largest absolute Gasteiger partial charge is 0.487 e. The van der Waals surface area contributed by atoms with Gasteiger partial charge in [-0.3, -0.25) is 0 Å². The van der Waals surface area contributed by atoms with Crippen molar-refractivity contribution in [1.82, 2.24) is 10.3 Å². The van der Waals surface area contributed by atoms with Gasteiger partial charge in [0, 0.05) is 11.6 Å². The van der Waals surface area contributed by atoms with Gasteiger partial charge in [0.1, 0.15) is 17.0 Å². The lowest BCUT2D eigenvalue weighted by molar-refractivity contribution is 0.179. The van der Waals surface area contributed by atoms with Crippen LogP contribution >= 0.6 is 36.4 Å². The lowest BCUT2D eigenvalue weighted by Crippen LogP contribution is -2.36. The van der Waals surface area contributed by atoms with Gasteiger partial charge in [0.15, 0.2) is 0 Å². The Bertz CT molecular complexity index is 604. The van der Waals surface area contributed by atoms with Crippen LogP contribution in [-0.4, -0.2) is 23.7 Å². The van der Waals surface area contributed by atoms with Gasteiger partial charge in [-0.2, -0.15) is 0 Å². The van der Waals surface area contributed by atoms with Gasteiger partial charge in [0.25, 0.3) is 0 Å².